The summed E-state index contributed by atoms with van der Waals surface area (Å²) < 4.78 is 35.7. The Morgan fingerprint density at radius 1 is 1.04 bits per heavy atom. The first kappa shape index (κ1) is 35.0. The average molecular weight is 689 g/mol. The van der Waals surface area contributed by atoms with Crippen LogP contribution >= 0.6 is 0 Å². The molecule has 5 heterocycles. The van der Waals surface area contributed by atoms with Gasteiger partial charge >= 0.3 is 23.9 Å². The number of fused-ring (bicyclic) bond motifs is 5. The minimum atomic E-state index is -1.76. The van der Waals surface area contributed by atoms with Crippen LogP contribution in [0, 0.1) is 0 Å². The molecule has 6 rings (SSSR count). The van der Waals surface area contributed by atoms with Crippen LogP contribution < -0.4 is 5.56 Å². The zero-order valence-electron chi connectivity index (χ0n) is 28.5. The normalized spacial score (nSPS) is 21.9. The predicted molar refractivity (Wildman–Crippen MR) is 177 cm³/mol. The third-order valence-electron chi connectivity index (χ3n) is 9.23. The lowest BCUT2D eigenvalue weighted by Gasteiger charge is -2.35. The number of hydrogen-bond acceptors (Lipinski definition) is 12. The number of ether oxygens (including phenoxy) is 6. The molecular weight excluding hydrogens is 648 g/mol. The highest BCUT2D eigenvalue weighted by Gasteiger charge is 2.50. The molecule has 3 aromatic rings. The first-order valence-electron chi connectivity index (χ1n) is 16.9. The monoisotopic (exact) mass is 688 g/mol. The Kier molecular flexibility index (Phi) is 10.2. The second-order valence-corrected chi connectivity index (χ2v) is 12.6. The molecule has 0 radical (unpaired) electrons. The van der Waals surface area contributed by atoms with Gasteiger partial charge in [0.2, 0.25) is 5.60 Å². The average Bonchev–Trinajstić information content (AvgIpc) is 3.46. The van der Waals surface area contributed by atoms with E-state index in [1.54, 1.807) is 29.7 Å². The quantitative estimate of drug-likeness (QED) is 0.0889. The molecule has 0 amide bonds. The number of benzene rings is 1. The van der Waals surface area contributed by atoms with Crippen LogP contribution in [0.5, 0.6) is 0 Å². The van der Waals surface area contributed by atoms with E-state index in [2.05, 4.69) is 0 Å². The van der Waals surface area contributed by atoms with Gasteiger partial charge in [-0.1, -0.05) is 44.9 Å². The highest BCUT2D eigenvalue weighted by Crippen LogP contribution is 2.42. The van der Waals surface area contributed by atoms with E-state index in [9.17, 15) is 24.0 Å². The summed E-state index contributed by atoms with van der Waals surface area (Å²) in [7, 11) is 0. The highest BCUT2D eigenvalue weighted by molar-refractivity contribution is 5.90. The van der Waals surface area contributed by atoms with Crippen molar-refractivity contribution in [2.45, 2.75) is 104 Å². The number of pyridine rings is 2. The van der Waals surface area contributed by atoms with Crippen molar-refractivity contribution in [1.82, 2.24) is 9.55 Å². The number of esters is 4. The Hall–Kier alpha value is -4.88. The molecule has 264 valence electrons. The molecule has 13 heteroatoms. The van der Waals surface area contributed by atoms with Crippen LogP contribution in [-0.2, 0) is 73.0 Å². The minimum absolute atomic E-state index is 0.0528. The van der Waals surface area contributed by atoms with Crippen molar-refractivity contribution in [2.24, 2.45) is 0 Å². The molecule has 0 spiro atoms. The predicted octanol–water partition coefficient (Wildman–Crippen LogP) is 4.50. The summed E-state index contributed by atoms with van der Waals surface area (Å²) in [6.07, 6.45) is 3.46. The number of cyclic esters (lactones) is 1. The molecule has 1 aromatic carbocycles. The summed E-state index contributed by atoms with van der Waals surface area (Å²) in [5, 5.41) is 0.813. The molecule has 3 aliphatic rings. The molecule has 1 unspecified atom stereocenters. The molecule has 2 aromatic heterocycles. The van der Waals surface area contributed by atoms with E-state index < -0.39 is 48.0 Å². The maximum atomic E-state index is 14.1. The summed E-state index contributed by atoms with van der Waals surface area (Å²) in [4.78, 5) is 68.6. The third kappa shape index (κ3) is 6.67. The Balaban J connectivity index is 1.36. The zero-order valence-corrected chi connectivity index (χ0v) is 28.5. The van der Waals surface area contributed by atoms with E-state index in [4.69, 9.17) is 33.4 Å². The standard InChI is InChI=1S/C37H40N2O11/c1-5-7-8-13-32(42)50-37(6-2)27-16-29-34-24(17-39(29)35(43)26(27)19-47-36(37)44)25(23-11-9-10-12-28(23)38-34)18-46-33-15-14-30(48-22(4)41)31(49-33)20-45-21(3)40/h9-12,14-16,30-31,33H,5-8,13,17-20H2,1-4H3/t30-,31+,33?,37-/m0/s1. The second kappa shape index (κ2) is 14.5. The maximum absolute atomic E-state index is 14.1. The van der Waals surface area contributed by atoms with Gasteiger partial charge in [-0.15, -0.1) is 0 Å². The maximum Gasteiger partial charge on any atom is 0.355 e. The summed E-state index contributed by atoms with van der Waals surface area (Å²) in [6, 6.07) is 9.26. The van der Waals surface area contributed by atoms with E-state index in [1.165, 1.54) is 13.8 Å². The molecule has 4 atom stereocenters. The number of unbranched alkanes of at least 4 members (excludes halogenated alkanes) is 2. The molecule has 0 saturated heterocycles. The number of hydrogen-bond donors (Lipinski definition) is 0. The van der Waals surface area contributed by atoms with Crippen molar-refractivity contribution >= 4 is 34.8 Å². The topological polar surface area (TPSA) is 159 Å². The van der Waals surface area contributed by atoms with Gasteiger partial charge in [0.15, 0.2) is 6.29 Å². The summed E-state index contributed by atoms with van der Waals surface area (Å²) in [6.45, 7) is 6.16. The highest BCUT2D eigenvalue weighted by atomic mass is 16.7. The van der Waals surface area contributed by atoms with Crippen molar-refractivity contribution in [3.63, 3.8) is 0 Å². The van der Waals surface area contributed by atoms with Gasteiger partial charge in [-0.3, -0.25) is 19.2 Å². The third-order valence-corrected chi connectivity index (χ3v) is 9.23. The Labute approximate surface area is 288 Å². The van der Waals surface area contributed by atoms with Crippen LogP contribution in [0.3, 0.4) is 0 Å². The van der Waals surface area contributed by atoms with Gasteiger partial charge in [0, 0.05) is 36.8 Å². The van der Waals surface area contributed by atoms with Crippen molar-refractivity contribution < 1.29 is 47.6 Å². The molecule has 0 fully saturated rings. The molecular formula is C37H40N2O11. The fraction of sp³-hybridized carbons (Fsp3) is 0.459. The number of nitrogens with zero attached hydrogens (tertiary/aromatic N) is 2. The Morgan fingerprint density at radius 3 is 2.58 bits per heavy atom. The van der Waals surface area contributed by atoms with Crippen molar-refractivity contribution in [3.05, 3.63) is 75.1 Å². The Morgan fingerprint density at radius 2 is 1.84 bits per heavy atom. The van der Waals surface area contributed by atoms with Crippen LogP contribution in [-0.4, -0.2) is 58.5 Å². The summed E-state index contributed by atoms with van der Waals surface area (Å²) >= 11 is 0. The fourth-order valence-corrected chi connectivity index (χ4v) is 6.72. The minimum Gasteiger partial charge on any atom is -0.463 e. The Bertz CT molecular complexity index is 1930. The lowest BCUT2D eigenvalue weighted by atomic mass is 9.85. The van der Waals surface area contributed by atoms with Crippen LogP contribution in [0.1, 0.15) is 82.1 Å². The van der Waals surface area contributed by atoms with Gasteiger partial charge in [0.1, 0.15) is 25.4 Å². The van der Waals surface area contributed by atoms with Gasteiger partial charge in [0.25, 0.3) is 5.56 Å². The van der Waals surface area contributed by atoms with Crippen LogP contribution in [0.2, 0.25) is 0 Å². The molecule has 0 saturated carbocycles. The van der Waals surface area contributed by atoms with Gasteiger partial charge in [0.05, 0.1) is 35.6 Å². The van der Waals surface area contributed by atoms with E-state index >= 15 is 0 Å². The van der Waals surface area contributed by atoms with Crippen molar-refractivity contribution in [2.75, 3.05) is 6.61 Å². The van der Waals surface area contributed by atoms with Gasteiger partial charge in [-0.2, -0.15) is 0 Å². The van der Waals surface area contributed by atoms with Crippen LogP contribution in [0.15, 0.2) is 47.3 Å². The number of rotatable bonds is 12. The second-order valence-electron chi connectivity index (χ2n) is 12.6. The van der Waals surface area contributed by atoms with Crippen LogP contribution in [0.4, 0.5) is 0 Å². The number of para-hydroxylation sites is 1. The molecule has 13 nitrogen and oxygen atoms in total. The first-order chi connectivity index (χ1) is 24.1. The fourth-order valence-electron chi connectivity index (χ4n) is 6.72. The number of carbonyl (C=O) groups excluding carboxylic acids is 4. The molecule has 0 aliphatic carbocycles. The zero-order chi connectivity index (χ0) is 35.6. The van der Waals surface area contributed by atoms with Crippen LogP contribution in [0.25, 0.3) is 22.3 Å². The number of carbonyl (C=O) groups is 4. The lowest BCUT2D eigenvalue weighted by Crippen LogP contribution is -2.47. The van der Waals surface area contributed by atoms with Gasteiger partial charge in [-0.05, 0) is 42.7 Å². The van der Waals surface area contributed by atoms with Crippen molar-refractivity contribution in [3.8, 4) is 11.4 Å². The number of aromatic nitrogens is 2. The first-order valence-corrected chi connectivity index (χ1v) is 16.9. The van der Waals surface area contributed by atoms with E-state index in [-0.39, 0.29) is 50.3 Å². The molecule has 50 heavy (non-hydrogen) atoms. The SMILES string of the molecule is CCCCCC(=O)O[C@]1(CC)C(=O)OCc2c1cc1n(c2=O)Cc2c-1nc1ccccc1c2COC1C=C[C@H](OC(C)=O)[C@@H](COC(C)=O)O1. The van der Waals surface area contributed by atoms with Crippen molar-refractivity contribution in [1.29, 1.82) is 0 Å². The molecule has 0 bridgehead atoms. The van der Waals surface area contributed by atoms with Gasteiger partial charge < -0.3 is 33.0 Å². The lowest BCUT2D eigenvalue weighted by molar-refractivity contribution is -0.200. The van der Waals surface area contributed by atoms with Gasteiger partial charge in [-0.25, -0.2) is 9.78 Å². The van der Waals surface area contributed by atoms with E-state index in [0.29, 0.717) is 28.9 Å². The largest absolute Gasteiger partial charge is 0.463 e. The van der Waals surface area contributed by atoms with E-state index in [1.807, 2.05) is 31.2 Å². The van der Waals surface area contributed by atoms with E-state index in [0.717, 1.165) is 29.4 Å². The summed E-state index contributed by atoms with van der Waals surface area (Å²) in [5.74, 6) is -2.25. The summed E-state index contributed by atoms with van der Waals surface area (Å²) in [5.41, 5.74) is 1.69. The molecule has 3 aliphatic heterocycles. The molecule has 0 N–H and O–H groups in total. The smallest absolute Gasteiger partial charge is 0.355 e.